The third-order valence-electron chi connectivity index (χ3n) is 2.16. The summed E-state index contributed by atoms with van der Waals surface area (Å²) in [6, 6.07) is 0.389. The molecule has 3 nitrogen and oxygen atoms in total. The second kappa shape index (κ2) is 4.26. The second-order valence-electron chi connectivity index (χ2n) is 2.82. The van der Waals surface area contributed by atoms with E-state index in [0.717, 1.165) is 18.8 Å². The Balaban J connectivity index is 2.83. The number of hydrogen-bond donors (Lipinski definition) is 1. The molecule has 0 saturated carbocycles. The lowest BCUT2D eigenvalue weighted by atomic mass is 10.2. The maximum atomic E-state index is 4.33. The van der Waals surface area contributed by atoms with Crippen molar-refractivity contribution < 1.29 is 0 Å². The van der Waals surface area contributed by atoms with Gasteiger partial charge in [0.2, 0.25) is 0 Å². The topological polar surface area (TPSA) is 29.9 Å². The van der Waals surface area contributed by atoms with Crippen LogP contribution in [0.5, 0.6) is 0 Å². The van der Waals surface area contributed by atoms with Crippen LogP contribution < -0.4 is 5.32 Å². The SMILES string of the molecule is CCC(NC)c1nccn1CC. The van der Waals surface area contributed by atoms with Gasteiger partial charge < -0.3 is 9.88 Å². The zero-order chi connectivity index (χ0) is 8.97. The Bertz CT molecular complexity index is 225. The van der Waals surface area contributed by atoms with Gasteiger partial charge in [-0.3, -0.25) is 0 Å². The second-order valence-corrected chi connectivity index (χ2v) is 2.82. The van der Waals surface area contributed by atoms with Crippen molar-refractivity contribution in [1.82, 2.24) is 14.9 Å². The van der Waals surface area contributed by atoms with Gasteiger partial charge in [-0.1, -0.05) is 6.92 Å². The molecule has 0 spiro atoms. The van der Waals surface area contributed by atoms with Gasteiger partial charge in [0.05, 0.1) is 6.04 Å². The van der Waals surface area contributed by atoms with Crippen LogP contribution in [0.4, 0.5) is 0 Å². The summed E-state index contributed by atoms with van der Waals surface area (Å²) in [5.74, 6) is 1.14. The fourth-order valence-corrected chi connectivity index (χ4v) is 1.41. The molecule has 1 rings (SSSR count). The number of nitrogens with one attached hydrogen (secondary N) is 1. The van der Waals surface area contributed by atoms with E-state index in [0.29, 0.717) is 6.04 Å². The molecule has 68 valence electrons. The predicted molar refractivity (Wildman–Crippen MR) is 50.0 cm³/mol. The predicted octanol–water partition coefficient (Wildman–Crippen LogP) is 1.57. The van der Waals surface area contributed by atoms with E-state index in [9.17, 15) is 0 Å². The molecule has 0 aliphatic carbocycles. The molecule has 0 aliphatic rings. The smallest absolute Gasteiger partial charge is 0.125 e. The largest absolute Gasteiger partial charge is 0.334 e. The van der Waals surface area contributed by atoms with Crippen LogP contribution in [0.1, 0.15) is 32.1 Å². The minimum Gasteiger partial charge on any atom is -0.334 e. The molecule has 0 amide bonds. The molecule has 0 fully saturated rings. The number of aryl methyl sites for hydroxylation is 1. The average Bonchev–Trinajstić information content (AvgIpc) is 2.55. The molecular formula is C9H17N3. The highest BCUT2D eigenvalue weighted by atomic mass is 15.1. The fraction of sp³-hybridized carbons (Fsp3) is 0.667. The van der Waals surface area contributed by atoms with Gasteiger partial charge in [0.25, 0.3) is 0 Å². The molecule has 0 bridgehead atoms. The molecule has 1 heterocycles. The van der Waals surface area contributed by atoms with Crippen LogP contribution in [0.3, 0.4) is 0 Å². The van der Waals surface area contributed by atoms with Gasteiger partial charge >= 0.3 is 0 Å². The van der Waals surface area contributed by atoms with Gasteiger partial charge in [-0.15, -0.1) is 0 Å². The molecule has 0 saturated heterocycles. The zero-order valence-electron chi connectivity index (χ0n) is 8.04. The molecule has 1 unspecified atom stereocenters. The summed E-state index contributed by atoms with van der Waals surface area (Å²) in [4.78, 5) is 4.33. The fourth-order valence-electron chi connectivity index (χ4n) is 1.41. The summed E-state index contributed by atoms with van der Waals surface area (Å²) in [6.45, 7) is 5.29. The lowest BCUT2D eigenvalue weighted by Crippen LogP contribution is -2.19. The van der Waals surface area contributed by atoms with Gasteiger partial charge in [0, 0.05) is 18.9 Å². The van der Waals surface area contributed by atoms with Crippen molar-refractivity contribution in [2.75, 3.05) is 7.05 Å². The van der Waals surface area contributed by atoms with E-state index in [2.05, 4.69) is 28.7 Å². The van der Waals surface area contributed by atoms with E-state index >= 15 is 0 Å². The van der Waals surface area contributed by atoms with E-state index < -0.39 is 0 Å². The van der Waals surface area contributed by atoms with Crippen LogP contribution in [-0.2, 0) is 6.54 Å². The lowest BCUT2D eigenvalue weighted by molar-refractivity contribution is 0.513. The third-order valence-corrected chi connectivity index (χ3v) is 2.16. The first-order chi connectivity index (χ1) is 5.83. The Morgan fingerprint density at radius 3 is 2.83 bits per heavy atom. The van der Waals surface area contributed by atoms with E-state index in [1.54, 1.807) is 0 Å². The van der Waals surface area contributed by atoms with Crippen molar-refractivity contribution >= 4 is 0 Å². The van der Waals surface area contributed by atoms with Crippen LogP contribution in [0.15, 0.2) is 12.4 Å². The average molecular weight is 167 g/mol. The van der Waals surface area contributed by atoms with E-state index in [-0.39, 0.29) is 0 Å². The normalized spacial score (nSPS) is 13.2. The number of aromatic nitrogens is 2. The van der Waals surface area contributed by atoms with Gasteiger partial charge in [-0.2, -0.15) is 0 Å². The van der Waals surface area contributed by atoms with Gasteiger partial charge in [0.15, 0.2) is 0 Å². The van der Waals surface area contributed by atoms with Gasteiger partial charge in [0.1, 0.15) is 5.82 Å². The molecule has 3 heteroatoms. The molecule has 1 aromatic heterocycles. The Morgan fingerprint density at radius 1 is 1.58 bits per heavy atom. The molecule has 0 aromatic carbocycles. The zero-order valence-corrected chi connectivity index (χ0v) is 8.04. The van der Waals surface area contributed by atoms with Gasteiger partial charge in [-0.05, 0) is 20.4 Å². The quantitative estimate of drug-likeness (QED) is 0.737. The lowest BCUT2D eigenvalue weighted by Gasteiger charge is -2.14. The number of hydrogen-bond acceptors (Lipinski definition) is 2. The van der Waals surface area contributed by atoms with Crippen LogP contribution in [0.25, 0.3) is 0 Å². The highest BCUT2D eigenvalue weighted by Gasteiger charge is 2.11. The minimum absolute atomic E-state index is 0.389. The van der Waals surface area contributed by atoms with Crippen LogP contribution in [0.2, 0.25) is 0 Å². The third kappa shape index (κ3) is 1.67. The first kappa shape index (κ1) is 9.26. The summed E-state index contributed by atoms with van der Waals surface area (Å²) in [7, 11) is 1.98. The molecule has 1 aromatic rings. The van der Waals surface area contributed by atoms with E-state index in [1.165, 1.54) is 0 Å². The molecule has 1 N–H and O–H groups in total. The Labute approximate surface area is 73.8 Å². The number of nitrogens with zero attached hydrogens (tertiary/aromatic N) is 2. The maximum Gasteiger partial charge on any atom is 0.125 e. The van der Waals surface area contributed by atoms with Crippen LogP contribution in [-0.4, -0.2) is 16.6 Å². The summed E-state index contributed by atoms with van der Waals surface area (Å²) in [5.41, 5.74) is 0. The van der Waals surface area contributed by atoms with Crippen molar-refractivity contribution in [2.45, 2.75) is 32.9 Å². The monoisotopic (exact) mass is 167 g/mol. The maximum absolute atomic E-state index is 4.33. The molecule has 0 aliphatic heterocycles. The molecular weight excluding hydrogens is 150 g/mol. The molecule has 12 heavy (non-hydrogen) atoms. The Morgan fingerprint density at radius 2 is 2.33 bits per heavy atom. The van der Waals surface area contributed by atoms with Crippen molar-refractivity contribution in [3.63, 3.8) is 0 Å². The number of imidazole rings is 1. The summed E-state index contributed by atoms with van der Waals surface area (Å²) in [6.07, 6.45) is 4.96. The summed E-state index contributed by atoms with van der Waals surface area (Å²) < 4.78 is 2.17. The van der Waals surface area contributed by atoms with Crippen molar-refractivity contribution in [1.29, 1.82) is 0 Å². The minimum atomic E-state index is 0.389. The molecule has 1 atom stereocenters. The summed E-state index contributed by atoms with van der Waals surface area (Å²) in [5, 5.41) is 3.25. The van der Waals surface area contributed by atoms with Crippen LogP contribution in [0, 0.1) is 0 Å². The standard InChI is InChI=1S/C9H17N3/c1-4-8(10-3)9-11-6-7-12(9)5-2/h6-8,10H,4-5H2,1-3H3. The van der Waals surface area contributed by atoms with Crippen LogP contribution >= 0.6 is 0 Å². The Hall–Kier alpha value is -0.830. The molecule has 0 radical (unpaired) electrons. The van der Waals surface area contributed by atoms with E-state index in [4.69, 9.17) is 0 Å². The first-order valence-electron chi connectivity index (χ1n) is 4.51. The van der Waals surface area contributed by atoms with Crippen molar-refractivity contribution in [2.24, 2.45) is 0 Å². The summed E-state index contributed by atoms with van der Waals surface area (Å²) >= 11 is 0. The highest BCUT2D eigenvalue weighted by molar-refractivity contribution is 4.98. The van der Waals surface area contributed by atoms with E-state index in [1.807, 2.05) is 19.4 Å². The van der Waals surface area contributed by atoms with Crippen molar-refractivity contribution in [3.05, 3.63) is 18.2 Å². The van der Waals surface area contributed by atoms with Gasteiger partial charge in [-0.25, -0.2) is 4.98 Å². The first-order valence-corrected chi connectivity index (χ1v) is 4.51. The Kier molecular flexibility index (Phi) is 3.29. The highest BCUT2D eigenvalue weighted by Crippen LogP contribution is 2.13. The van der Waals surface area contributed by atoms with Crippen molar-refractivity contribution in [3.8, 4) is 0 Å². The number of rotatable bonds is 4.